The Bertz CT molecular complexity index is 403. The Morgan fingerprint density at radius 2 is 1.93 bits per heavy atom. The second kappa shape index (κ2) is 4.28. The fourth-order valence-electron chi connectivity index (χ4n) is 0.913. The smallest absolute Gasteiger partial charge is 0.410 e. The third-order valence-electron chi connectivity index (χ3n) is 1.61. The van der Waals surface area contributed by atoms with Crippen LogP contribution >= 0.6 is 23.2 Å². The summed E-state index contributed by atoms with van der Waals surface area (Å²) in [6.07, 6.45) is -4.47. The van der Waals surface area contributed by atoms with E-state index in [0.29, 0.717) is 6.07 Å². The van der Waals surface area contributed by atoms with Gasteiger partial charge in [-0.05, 0) is 18.2 Å². The standard InChI is InChI=1S/C8H4Cl2F3NO/c9-6-3-4(8(11,12)13)1-2-5(6)7(10)14-15/h1-3,15H. The lowest BCUT2D eigenvalue weighted by Gasteiger charge is -2.08. The Labute approximate surface area is 92.9 Å². The van der Waals surface area contributed by atoms with Crippen molar-refractivity contribution in [2.45, 2.75) is 6.18 Å². The summed E-state index contributed by atoms with van der Waals surface area (Å²) in [6.45, 7) is 0. The van der Waals surface area contributed by atoms with Gasteiger partial charge in [-0.25, -0.2) is 0 Å². The summed E-state index contributed by atoms with van der Waals surface area (Å²) in [5.41, 5.74) is -0.854. The first-order valence-corrected chi connectivity index (χ1v) is 4.36. The van der Waals surface area contributed by atoms with Crippen LogP contribution in [-0.4, -0.2) is 10.4 Å². The van der Waals surface area contributed by atoms with Crippen molar-refractivity contribution in [3.05, 3.63) is 34.3 Å². The third kappa shape index (κ3) is 2.76. The molecule has 0 aliphatic rings. The lowest BCUT2D eigenvalue weighted by atomic mass is 10.1. The minimum absolute atomic E-state index is 0.0360. The molecular formula is C8H4Cl2F3NO. The maximum atomic E-state index is 12.2. The first-order valence-electron chi connectivity index (χ1n) is 3.61. The van der Waals surface area contributed by atoms with Gasteiger partial charge < -0.3 is 5.21 Å². The maximum Gasteiger partial charge on any atom is 0.416 e. The number of oxime groups is 1. The van der Waals surface area contributed by atoms with Crippen molar-refractivity contribution >= 4 is 28.4 Å². The molecule has 0 spiro atoms. The highest BCUT2D eigenvalue weighted by atomic mass is 35.5. The molecule has 0 aliphatic carbocycles. The lowest BCUT2D eigenvalue weighted by molar-refractivity contribution is -0.137. The van der Waals surface area contributed by atoms with E-state index < -0.39 is 11.7 Å². The number of halogens is 5. The Hall–Kier alpha value is -0.940. The van der Waals surface area contributed by atoms with Gasteiger partial charge in [-0.1, -0.05) is 28.4 Å². The highest BCUT2D eigenvalue weighted by Gasteiger charge is 2.31. The van der Waals surface area contributed by atoms with Gasteiger partial charge in [0.25, 0.3) is 0 Å². The molecule has 1 aromatic carbocycles. The summed E-state index contributed by atoms with van der Waals surface area (Å²) in [7, 11) is 0. The van der Waals surface area contributed by atoms with Gasteiger partial charge in [0, 0.05) is 5.56 Å². The molecule has 0 saturated carbocycles. The van der Waals surface area contributed by atoms with Crippen molar-refractivity contribution in [2.75, 3.05) is 0 Å². The molecule has 82 valence electrons. The van der Waals surface area contributed by atoms with Crippen molar-refractivity contribution in [3.8, 4) is 0 Å². The van der Waals surface area contributed by atoms with Crippen LogP contribution in [0.1, 0.15) is 11.1 Å². The second-order valence-electron chi connectivity index (χ2n) is 2.58. The fraction of sp³-hybridized carbons (Fsp3) is 0.125. The highest BCUT2D eigenvalue weighted by molar-refractivity contribution is 6.70. The third-order valence-corrected chi connectivity index (χ3v) is 2.20. The van der Waals surface area contributed by atoms with Gasteiger partial charge in [0.1, 0.15) is 0 Å². The molecule has 0 unspecified atom stereocenters. The molecular weight excluding hydrogens is 254 g/mol. The van der Waals surface area contributed by atoms with Gasteiger partial charge in [-0.2, -0.15) is 13.2 Å². The second-order valence-corrected chi connectivity index (χ2v) is 3.35. The summed E-state index contributed by atoms with van der Waals surface area (Å²) in [5, 5.41) is 10.3. The van der Waals surface area contributed by atoms with Crippen molar-refractivity contribution < 1.29 is 18.4 Å². The number of hydrogen-bond donors (Lipinski definition) is 1. The van der Waals surface area contributed by atoms with Crippen molar-refractivity contribution in [2.24, 2.45) is 5.16 Å². The first kappa shape index (κ1) is 12.1. The highest BCUT2D eigenvalue weighted by Crippen LogP contribution is 2.32. The SMILES string of the molecule is ON=C(Cl)c1ccc(C(F)(F)F)cc1Cl. The largest absolute Gasteiger partial charge is 0.416 e. The molecule has 0 saturated heterocycles. The Morgan fingerprint density at radius 1 is 1.33 bits per heavy atom. The summed E-state index contributed by atoms with van der Waals surface area (Å²) in [6, 6.07) is 2.55. The van der Waals surface area contributed by atoms with Gasteiger partial charge in [0.2, 0.25) is 0 Å². The normalized spacial score (nSPS) is 13.0. The number of alkyl halides is 3. The number of rotatable bonds is 1. The van der Waals surface area contributed by atoms with Crippen LogP contribution in [0.2, 0.25) is 5.02 Å². The van der Waals surface area contributed by atoms with Crippen LogP contribution in [0, 0.1) is 0 Å². The Morgan fingerprint density at radius 3 is 2.33 bits per heavy atom. The van der Waals surface area contributed by atoms with E-state index in [1.165, 1.54) is 0 Å². The van der Waals surface area contributed by atoms with Crippen molar-refractivity contribution in [3.63, 3.8) is 0 Å². The van der Waals surface area contributed by atoms with E-state index >= 15 is 0 Å². The van der Waals surface area contributed by atoms with Gasteiger partial charge in [0.15, 0.2) is 5.17 Å². The van der Waals surface area contributed by atoms with E-state index in [9.17, 15) is 13.2 Å². The number of hydrogen-bond acceptors (Lipinski definition) is 2. The zero-order chi connectivity index (χ0) is 11.6. The van der Waals surface area contributed by atoms with E-state index in [1.54, 1.807) is 0 Å². The number of benzene rings is 1. The van der Waals surface area contributed by atoms with E-state index in [-0.39, 0.29) is 15.8 Å². The molecule has 0 atom stereocenters. The summed E-state index contributed by atoms with van der Waals surface area (Å²) < 4.78 is 36.6. The first-order chi connectivity index (χ1) is 6.86. The van der Waals surface area contributed by atoms with E-state index in [4.69, 9.17) is 28.4 Å². The van der Waals surface area contributed by atoms with E-state index in [2.05, 4.69) is 5.16 Å². The van der Waals surface area contributed by atoms with Crippen molar-refractivity contribution in [1.82, 2.24) is 0 Å². The van der Waals surface area contributed by atoms with Crippen LogP contribution in [-0.2, 0) is 6.18 Å². The van der Waals surface area contributed by atoms with Crippen LogP contribution in [0.4, 0.5) is 13.2 Å². The maximum absolute atomic E-state index is 12.2. The predicted molar refractivity (Wildman–Crippen MR) is 50.6 cm³/mol. The average Bonchev–Trinajstić information content (AvgIpc) is 2.15. The minimum atomic E-state index is -4.47. The van der Waals surface area contributed by atoms with E-state index in [0.717, 1.165) is 12.1 Å². The molecule has 1 rings (SSSR count). The van der Waals surface area contributed by atoms with Crippen LogP contribution < -0.4 is 0 Å². The molecule has 1 N–H and O–H groups in total. The molecule has 0 aliphatic heterocycles. The van der Waals surface area contributed by atoms with Crippen LogP contribution in [0.3, 0.4) is 0 Å². The van der Waals surface area contributed by atoms with Crippen LogP contribution in [0.25, 0.3) is 0 Å². The molecule has 0 aromatic heterocycles. The number of nitrogens with zero attached hydrogens (tertiary/aromatic N) is 1. The zero-order valence-electron chi connectivity index (χ0n) is 7.02. The van der Waals surface area contributed by atoms with Crippen molar-refractivity contribution in [1.29, 1.82) is 0 Å². The fourth-order valence-corrected chi connectivity index (χ4v) is 1.40. The topological polar surface area (TPSA) is 32.6 Å². The lowest BCUT2D eigenvalue weighted by Crippen LogP contribution is -2.05. The molecule has 0 fully saturated rings. The van der Waals surface area contributed by atoms with Gasteiger partial charge in [0.05, 0.1) is 10.6 Å². The molecule has 0 bridgehead atoms. The van der Waals surface area contributed by atoms with Gasteiger partial charge >= 0.3 is 6.18 Å². The van der Waals surface area contributed by atoms with Crippen LogP contribution in [0.5, 0.6) is 0 Å². The molecule has 7 heteroatoms. The molecule has 2 nitrogen and oxygen atoms in total. The predicted octanol–water partition coefficient (Wildman–Crippen LogP) is 3.73. The van der Waals surface area contributed by atoms with E-state index in [1.807, 2.05) is 0 Å². The van der Waals surface area contributed by atoms with Gasteiger partial charge in [-0.3, -0.25) is 0 Å². The summed E-state index contributed by atoms with van der Waals surface area (Å²) in [5.74, 6) is 0. The average molecular weight is 258 g/mol. The van der Waals surface area contributed by atoms with Crippen LogP contribution in [0.15, 0.2) is 23.4 Å². The molecule has 1 aromatic rings. The van der Waals surface area contributed by atoms with Gasteiger partial charge in [-0.15, -0.1) is 0 Å². The molecule has 0 radical (unpaired) electrons. The Balaban J connectivity index is 3.21. The molecule has 0 heterocycles. The zero-order valence-corrected chi connectivity index (χ0v) is 8.53. The molecule has 0 amide bonds. The Kier molecular flexibility index (Phi) is 3.46. The quantitative estimate of drug-likeness (QED) is 0.464. The monoisotopic (exact) mass is 257 g/mol. The summed E-state index contributed by atoms with van der Waals surface area (Å²) in [4.78, 5) is 0. The molecule has 15 heavy (non-hydrogen) atoms. The minimum Gasteiger partial charge on any atom is -0.410 e. The summed E-state index contributed by atoms with van der Waals surface area (Å²) >= 11 is 10.9.